The molecule has 150 valence electrons. The van der Waals surface area contributed by atoms with Crippen LogP contribution in [0.3, 0.4) is 0 Å². The highest BCUT2D eigenvalue weighted by Crippen LogP contribution is 2.36. The quantitative estimate of drug-likeness (QED) is 0.378. The van der Waals surface area contributed by atoms with Crippen LogP contribution in [0.15, 0.2) is 53.0 Å². The van der Waals surface area contributed by atoms with Gasteiger partial charge in [0.2, 0.25) is 0 Å². The number of halogens is 1. The summed E-state index contributed by atoms with van der Waals surface area (Å²) in [5.41, 5.74) is 1.06. The lowest BCUT2D eigenvalue weighted by Gasteiger charge is -2.25. The van der Waals surface area contributed by atoms with E-state index in [1.165, 1.54) is 6.07 Å². The normalized spacial score (nSPS) is 12.7. The first kappa shape index (κ1) is 22.1. The Morgan fingerprint density at radius 1 is 1.21 bits per heavy atom. The van der Waals surface area contributed by atoms with E-state index in [1.54, 1.807) is 36.4 Å². The molecular weight excluding hydrogens is 446 g/mol. The second kappa shape index (κ2) is 11.0. The second-order valence-corrected chi connectivity index (χ2v) is 7.40. The summed E-state index contributed by atoms with van der Waals surface area (Å²) in [4.78, 5) is 23.7. The number of ether oxygens (including phenoxy) is 2. The van der Waals surface area contributed by atoms with Crippen molar-refractivity contribution in [3.8, 4) is 5.75 Å². The number of nitrogens with one attached hydrogen (secondary N) is 1. The average molecular weight is 468 g/mol. The maximum Gasteiger partial charge on any atom is 0.412 e. The van der Waals surface area contributed by atoms with Gasteiger partial charge in [-0.2, -0.15) is 12.6 Å². The topological polar surface area (TPSA) is 84.9 Å². The van der Waals surface area contributed by atoms with Crippen LogP contribution in [0.2, 0.25) is 0 Å². The van der Waals surface area contributed by atoms with Crippen molar-refractivity contribution in [1.29, 1.82) is 0 Å². The van der Waals surface area contributed by atoms with Crippen molar-refractivity contribution in [2.75, 3.05) is 17.7 Å². The average Bonchev–Trinajstić information content (AvgIpc) is 2.68. The Morgan fingerprint density at radius 3 is 2.61 bits per heavy atom. The molecule has 0 aliphatic rings. The molecule has 0 saturated heterocycles. The molecule has 1 amide bonds. The molecule has 2 N–H and O–H groups in total. The van der Waals surface area contributed by atoms with E-state index in [9.17, 15) is 14.7 Å². The number of phenolic OH excluding ortho intramolecular Hbond substituents is 1. The lowest BCUT2D eigenvalue weighted by molar-refractivity contribution is -0.141. The lowest BCUT2D eigenvalue weighted by Crippen LogP contribution is -2.23. The molecule has 0 saturated carbocycles. The predicted molar refractivity (Wildman–Crippen MR) is 114 cm³/mol. The van der Waals surface area contributed by atoms with Gasteiger partial charge in [-0.05, 0) is 36.8 Å². The van der Waals surface area contributed by atoms with Gasteiger partial charge < -0.3 is 14.6 Å². The van der Waals surface area contributed by atoms with Crippen LogP contribution in [0.25, 0.3) is 0 Å². The maximum atomic E-state index is 12.4. The standard InChI is InChI=1S/C20H22BrNO5S/c1-13(9-10-26-18(24)12-28)19(16-11-14(21)7-8-17(16)23)27-20(25)22-15-5-3-2-4-6-15/h2-8,11,13,19,23,28H,9-10,12H2,1H3,(H,22,25)/t13-,19+/m1/s1. The molecule has 2 rings (SSSR count). The third kappa shape index (κ3) is 6.76. The molecule has 0 bridgehead atoms. The molecular formula is C20H22BrNO5S. The molecule has 0 aromatic heterocycles. The summed E-state index contributed by atoms with van der Waals surface area (Å²) in [6.07, 6.45) is -0.944. The largest absolute Gasteiger partial charge is 0.508 e. The number of anilines is 1. The SMILES string of the molecule is C[C@H](CCOC(=O)CS)[C@H](OC(=O)Nc1ccccc1)c1cc(Br)ccc1O. The van der Waals surface area contributed by atoms with Crippen molar-refractivity contribution < 1.29 is 24.2 Å². The molecule has 0 spiro atoms. The molecule has 0 radical (unpaired) electrons. The van der Waals surface area contributed by atoms with Gasteiger partial charge in [0.05, 0.1) is 12.4 Å². The first-order chi connectivity index (χ1) is 13.4. The molecule has 0 aliphatic carbocycles. The summed E-state index contributed by atoms with van der Waals surface area (Å²) in [7, 11) is 0. The van der Waals surface area contributed by atoms with Crippen LogP contribution >= 0.6 is 28.6 Å². The number of benzene rings is 2. The summed E-state index contributed by atoms with van der Waals surface area (Å²) in [6.45, 7) is 2.02. The van der Waals surface area contributed by atoms with Gasteiger partial charge in [0.25, 0.3) is 0 Å². The van der Waals surface area contributed by atoms with E-state index in [2.05, 4.69) is 33.9 Å². The van der Waals surface area contributed by atoms with Gasteiger partial charge in [-0.25, -0.2) is 4.79 Å². The number of thiol groups is 1. The molecule has 28 heavy (non-hydrogen) atoms. The Balaban J connectivity index is 2.14. The van der Waals surface area contributed by atoms with Crippen LogP contribution in [0.5, 0.6) is 5.75 Å². The highest BCUT2D eigenvalue weighted by Gasteiger charge is 2.27. The fraction of sp³-hybridized carbons (Fsp3) is 0.300. The zero-order valence-corrected chi connectivity index (χ0v) is 17.8. The van der Waals surface area contributed by atoms with Gasteiger partial charge in [-0.15, -0.1) is 0 Å². The molecule has 0 heterocycles. The number of amides is 1. The number of rotatable bonds is 8. The minimum Gasteiger partial charge on any atom is -0.508 e. The second-order valence-electron chi connectivity index (χ2n) is 6.16. The van der Waals surface area contributed by atoms with Crippen molar-refractivity contribution in [3.05, 3.63) is 58.6 Å². The van der Waals surface area contributed by atoms with Crippen LogP contribution in [-0.2, 0) is 14.3 Å². The number of phenols is 1. The van der Waals surface area contributed by atoms with Crippen LogP contribution in [0.4, 0.5) is 10.5 Å². The summed E-state index contributed by atoms with van der Waals surface area (Å²) in [6, 6.07) is 13.8. The highest BCUT2D eigenvalue weighted by atomic mass is 79.9. The Hall–Kier alpha value is -2.19. The molecule has 0 unspecified atom stereocenters. The molecule has 6 nitrogen and oxygen atoms in total. The zero-order valence-electron chi connectivity index (χ0n) is 15.3. The third-order valence-corrected chi connectivity index (χ3v) is 4.78. The summed E-state index contributed by atoms with van der Waals surface area (Å²) in [5.74, 6) is -0.630. The van der Waals surface area contributed by atoms with Crippen molar-refractivity contribution in [3.63, 3.8) is 0 Å². The number of esters is 1. The maximum absolute atomic E-state index is 12.4. The fourth-order valence-corrected chi connectivity index (χ4v) is 3.05. The van der Waals surface area contributed by atoms with Gasteiger partial charge in [-0.3, -0.25) is 10.1 Å². The predicted octanol–water partition coefficient (Wildman–Crippen LogP) is 4.94. The number of carbonyl (C=O) groups is 2. The van der Waals surface area contributed by atoms with E-state index in [4.69, 9.17) is 9.47 Å². The van der Waals surface area contributed by atoms with E-state index in [0.29, 0.717) is 17.7 Å². The summed E-state index contributed by atoms with van der Waals surface area (Å²) in [5, 5.41) is 12.9. The van der Waals surface area contributed by atoms with Crippen molar-refractivity contribution in [2.24, 2.45) is 5.92 Å². The molecule has 0 fully saturated rings. The van der Waals surface area contributed by atoms with Crippen LogP contribution in [0, 0.1) is 5.92 Å². The first-order valence-electron chi connectivity index (χ1n) is 8.68. The molecule has 2 atom stereocenters. The van der Waals surface area contributed by atoms with Gasteiger partial charge in [0.1, 0.15) is 11.9 Å². The monoisotopic (exact) mass is 467 g/mol. The first-order valence-corrected chi connectivity index (χ1v) is 10.1. The zero-order chi connectivity index (χ0) is 20.5. The Kier molecular flexibility index (Phi) is 8.66. The smallest absolute Gasteiger partial charge is 0.412 e. The van der Waals surface area contributed by atoms with E-state index in [0.717, 1.165) is 4.47 Å². The van der Waals surface area contributed by atoms with Crippen molar-refractivity contribution in [2.45, 2.75) is 19.4 Å². The van der Waals surface area contributed by atoms with E-state index in [-0.39, 0.29) is 24.0 Å². The summed E-state index contributed by atoms with van der Waals surface area (Å²) < 4.78 is 11.4. The summed E-state index contributed by atoms with van der Waals surface area (Å²) >= 11 is 7.23. The fourth-order valence-electron chi connectivity index (χ4n) is 2.58. The highest BCUT2D eigenvalue weighted by molar-refractivity contribution is 9.10. The number of hydrogen-bond donors (Lipinski definition) is 3. The van der Waals surface area contributed by atoms with Gasteiger partial charge in [0, 0.05) is 21.6 Å². The van der Waals surface area contributed by atoms with Gasteiger partial charge >= 0.3 is 12.1 Å². The lowest BCUT2D eigenvalue weighted by atomic mass is 9.94. The minimum atomic E-state index is -0.740. The molecule has 8 heteroatoms. The number of carbonyl (C=O) groups excluding carboxylic acids is 2. The van der Waals surface area contributed by atoms with Crippen LogP contribution in [-0.4, -0.2) is 29.5 Å². The molecule has 2 aromatic carbocycles. The molecule has 2 aromatic rings. The third-order valence-electron chi connectivity index (χ3n) is 4.03. The number of para-hydroxylation sites is 1. The number of aromatic hydroxyl groups is 1. The Morgan fingerprint density at radius 2 is 1.93 bits per heavy atom. The molecule has 0 aliphatic heterocycles. The van der Waals surface area contributed by atoms with Crippen molar-refractivity contribution in [1.82, 2.24) is 0 Å². The van der Waals surface area contributed by atoms with E-state index < -0.39 is 18.2 Å². The van der Waals surface area contributed by atoms with E-state index >= 15 is 0 Å². The minimum absolute atomic E-state index is 0.000210. The Labute approximate surface area is 177 Å². The Bertz CT molecular complexity index is 802. The number of hydrogen-bond acceptors (Lipinski definition) is 6. The van der Waals surface area contributed by atoms with Crippen LogP contribution < -0.4 is 5.32 Å². The van der Waals surface area contributed by atoms with Gasteiger partial charge in [0.15, 0.2) is 0 Å². The van der Waals surface area contributed by atoms with Gasteiger partial charge in [-0.1, -0.05) is 41.1 Å². The van der Waals surface area contributed by atoms with Crippen molar-refractivity contribution >= 4 is 46.3 Å². The van der Waals surface area contributed by atoms with E-state index in [1.807, 2.05) is 13.0 Å². The van der Waals surface area contributed by atoms with Crippen LogP contribution in [0.1, 0.15) is 25.0 Å².